The van der Waals surface area contributed by atoms with Crippen molar-refractivity contribution in [1.29, 1.82) is 0 Å². The van der Waals surface area contributed by atoms with Crippen LogP contribution in [0.4, 0.5) is 13.2 Å². The molecule has 0 radical (unpaired) electrons. The summed E-state index contributed by atoms with van der Waals surface area (Å²) in [4.78, 5) is 4.33. The standard InChI is InChI=1S/C16H15F3N2.ClH/c1-10-7-13(15(20)5-6-15)9-21-14(10)11-3-2-4-12(8-11)16(17,18)19;/h2-4,7-9H,5-6,20H2,1H3;1H. The van der Waals surface area contributed by atoms with Crippen LogP contribution in [0, 0.1) is 6.92 Å². The molecule has 1 fully saturated rings. The molecule has 0 spiro atoms. The Morgan fingerprint density at radius 2 is 1.86 bits per heavy atom. The summed E-state index contributed by atoms with van der Waals surface area (Å²) in [5.41, 5.74) is 7.99. The van der Waals surface area contributed by atoms with Gasteiger partial charge in [-0.1, -0.05) is 18.2 Å². The molecule has 1 aromatic carbocycles. The Balaban J connectivity index is 0.00000176. The number of rotatable bonds is 2. The van der Waals surface area contributed by atoms with Gasteiger partial charge in [0, 0.05) is 17.3 Å². The number of alkyl halides is 3. The van der Waals surface area contributed by atoms with E-state index in [2.05, 4.69) is 4.98 Å². The lowest BCUT2D eigenvalue weighted by Crippen LogP contribution is -2.19. The van der Waals surface area contributed by atoms with Crippen molar-refractivity contribution in [3.8, 4) is 11.3 Å². The molecule has 1 aliphatic carbocycles. The molecule has 2 aromatic rings. The largest absolute Gasteiger partial charge is 0.416 e. The fraction of sp³-hybridized carbons (Fsp3) is 0.312. The van der Waals surface area contributed by atoms with Crippen LogP contribution in [0.1, 0.15) is 29.5 Å². The minimum Gasteiger partial charge on any atom is -0.321 e. The molecule has 1 heterocycles. The molecule has 118 valence electrons. The third kappa shape index (κ3) is 3.10. The Kier molecular flexibility index (Phi) is 4.24. The predicted molar refractivity (Wildman–Crippen MR) is 81.8 cm³/mol. The molecule has 2 nitrogen and oxygen atoms in total. The molecule has 0 unspecified atom stereocenters. The van der Waals surface area contributed by atoms with Gasteiger partial charge in [0.2, 0.25) is 0 Å². The summed E-state index contributed by atoms with van der Waals surface area (Å²) >= 11 is 0. The number of aromatic nitrogens is 1. The second-order valence-corrected chi connectivity index (χ2v) is 5.62. The SMILES string of the molecule is Cc1cc(C2(N)CC2)cnc1-c1cccc(C(F)(F)F)c1.Cl. The molecule has 1 aromatic heterocycles. The Morgan fingerprint density at radius 1 is 1.18 bits per heavy atom. The van der Waals surface area contributed by atoms with Crippen LogP contribution in [-0.2, 0) is 11.7 Å². The number of nitrogens with zero attached hydrogens (tertiary/aromatic N) is 1. The predicted octanol–water partition coefficient (Wildman–Crippen LogP) is 4.45. The van der Waals surface area contributed by atoms with Crippen molar-refractivity contribution in [2.75, 3.05) is 0 Å². The minimum absolute atomic E-state index is 0. The van der Waals surface area contributed by atoms with Crippen molar-refractivity contribution in [1.82, 2.24) is 4.98 Å². The van der Waals surface area contributed by atoms with E-state index in [0.717, 1.165) is 36.1 Å². The van der Waals surface area contributed by atoms with Crippen LogP contribution < -0.4 is 5.73 Å². The van der Waals surface area contributed by atoms with Gasteiger partial charge in [0.25, 0.3) is 0 Å². The lowest BCUT2D eigenvalue weighted by molar-refractivity contribution is -0.137. The summed E-state index contributed by atoms with van der Waals surface area (Å²) in [6.45, 7) is 1.85. The zero-order chi connectivity index (χ0) is 15.3. The summed E-state index contributed by atoms with van der Waals surface area (Å²) in [6, 6.07) is 7.16. The van der Waals surface area contributed by atoms with E-state index in [1.807, 2.05) is 13.0 Å². The fourth-order valence-electron chi connectivity index (χ4n) is 2.42. The van der Waals surface area contributed by atoms with E-state index in [9.17, 15) is 13.2 Å². The zero-order valence-electron chi connectivity index (χ0n) is 11.9. The number of hydrogen-bond donors (Lipinski definition) is 1. The molecular weight excluding hydrogens is 313 g/mol. The van der Waals surface area contributed by atoms with Gasteiger partial charge in [-0.05, 0) is 43.0 Å². The molecule has 6 heteroatoms. The number of hydrogen-bond acceptors (Lipinski definition) is 2. The van der Waals surface area contributed by atoms with Gasteiger partial charge < -0.3 is 5.73 Å². The van der Waals surface area contributed by atoms with Gasteiger partial charge in [-0.2, -0.15) is 13.2 Å². The maximum absolute atomic E-state index is 12.8. The monoisotopic (exact) mass is 328 g/mol. The van der Waals surface area contributed by atoms with Crippen molar-refractivity contribution in [2.24, 2.45) is 5.73 Å². The van der Waals surface area contributed by atoms with Crippen molar-refractivity contribution in [2.45, 2.75) is 31.5 Å². The zero-order valence-corrected chi connectivity index (χ0v) is 12.8. The van der Waals surface area contributed by atoms with Gasteiger partial charge >= 0.3 is 6.18 Å². The first-order valence-electron chi connectivity index (χ1n) is 6.73. The Hall–Kier alpha value is -1.59. The van der Waals surface area contributed by atoms with Crippen LogP contribution in [0.25, 0.3) is 11.3 Å². The van der Waals surface area contributed by atoms with Gasteiger partial charge in [0.1, 0.15) is 0 Å². The second kappa shape index (κ2) is 5.56. The molecule has 3 rings (SSSR count). The van der Waals surface area contributed by atoms with Crippen LogP contribution in [0.2, 0.25) is 0 Å². The molecular formula is C16H16ClF3N2. The van der Waals surface area contributed by atoms with Gasteiger partial charge in [-0.15, -0.1) is 12.4 Å². The molecule has 1 saturated carbocycles. The van der Waals surface area contributed by atoms with E-state index in [0.29, 0.717) is 11.3 Å². The molecule has 2 N–H and O–H groups in total. The molecule has 0 atom stereocenters. The quantitative estimate of drug-likeness (QED) is 0.884. The van der Waals surface area contributed by atoms with Crippen molar-refractivity contribution >= 4 is 12.4 Å². The molecule has 0 saturated heterocycles. The van der Waals surface area contributed by atoms with Crippen LogP contribution in [-0.4, -0.2) is 4.98 Å². The summed E-state index contributed by atoms with van der Waals surface area (Å²) in [6.07, 6.45) is -0.817. The smallest absolute Gasteiger partial charge is 0.321 e. The van der Waals surface area contributed by atoms with Crippen LogP contribution in [0.3, 0.4) is 0 Å². The highest BCUT2D eigenvalue weighted by atomic mass is 35.5. The number of benzene rings is 1. The van der Waals surface area contributed by atoms with E-state index in [4.69, 9.17) is 5.73 Å². The first-order chi connectivity index (χ1) is 9.79. The molecule has 22 heavy (non-hydrogen) atoms. The maximum Gasteiger partial charge on any atom is 0.416 e. The fourth-order valence-corrected chi connectivity index (χ4v) is 2.42. The normalized spacial score (nSPS) is 16.0. The minimum atomic E-state index is -4.35. The Bertz CT molecular complexity index is 694. The first kappa shape index (κ1) is 16.8. The highest BCUT2D eigenvalue weighted by molar-refractivity contribution is 5.85. The highest BCUT2D eigenvalue weighted by Crippen LogP contribution is 2.43. The molecule has 0 bridgehead atoms. The maximum atomic E-state index is 12.8. The van der Waals surface area contributed by atoms with E-state index in [1.165, 1.54) is 6.07 Å². The van der Waals surface area contributed by atoms with E-state index >= 15 is 0 Å². The van der Waals surface area contributed by atoms with Gasteiger partial charge in [0.05, 0.1) is 11.3 Å². The van der Waals surface area contributed by atoms with Crippen LogP contribution in [0.15, 0.2) is 36.5 Å². The van der Waals surface area contributed by atoms with E-state index in [-0.39, 0.29) is 17.9 Å². The summed E-state index contributed by atoms with van der Waals surface area (Å²) in [5, 5.41) is 0. The topological polar surface area (TPSA) is 38.9 Å². The Morgan fingerprint density at radius 3 is 2.41 bits per heavy atom. The third-order valence-corrected chi connectivity index (χ3v) is 3.91. The number of aryl methyl sites for hydroxylation is 1. The summed E-state index contributed by atoms with van der Waals surface area (Å²) in [5.74, 6) is 0. The number of pyridine rings is 1. The van der Waals surface area contributed by atoms with Crippen LogP contribution in [0.5, 0.6) is 0 Å². The van der Waals surface area contributed by atoms with Crippen molar-refractivity contribution in [3.63, 3.8) is 0 Å². The second-order valence-electron chi connectivity index (χ2n) is 5.62. The lowest BCUT2D eigenvalue weighted by atomic mass is 10.00. The van der Waals surface area contributed by atoms with Crippen molar-refractivity contribution < 1.29 is 13.2 Å². The third-order valence-electron chi connectivity index (χ3n) is 3.91. The average Bonchev–Trinajstić information content (AvgIpc) is 3.17. The summed E-state index contributed by atoms with van der Waals surface area (Å²) < 4.78 is 38.3. The molecule has 1 aliphatic rings. The van der Waals surface area contributed by atoms with Gasteiger partial charge in [0.15, 0.2) is 0 Å². The van der Waals surface area contributed by atoms with Gasteiger partial charge in [-0.25, -0.2) is 0 Å². The van der Waals surface area contributed by atoms with Crippen molar-refractivity contribution in [3.05, 3.63) is 53.2 Å². The van der Waals surface area contributed by atoms with Gasteiger partial charge in [-0.3, -0.25) is 4.98 Å². The lowest BCUT2D eigenvalue weighted by Gasteiger charge is -2.13. The number of halogens is 4. The first-order valence-corrected chi connectivity index (χ1v) is 6.73. The molecule has 0 amide bonds. The Labute approximate surface area is 133 Å². The van der Waals surface area contributed by atoms with Crippen LogP contribution >= 0.6 is 12.4 Å². The molecule has 0 aliphatic heterocycles. The average molecular weight is 329 g/mol. The number of nitrogens with two attached hydrogens (primary N) is 1. The highest BCUT2D eigenvalue weighted by Gasteiger charge is 2.40. The van der Waals surface area contributed by atoms with E-state index in [1.54, 1.807) is 12.3 Å². The van der Waals surface area contributed by atoms with E-state index < -0.39 is 11.7 Å². The summed E-state index contributed by atoms with van der Waals surface area (Å²) in [7, 11) is 0.